The van der Waals surface area contributed by atoms with Gasteiger partial charge in [0.1, 0.15) is 17.0 Å². The van der Waals surface area contributed by atoms with E-state index in [4.69, 9.17) is 0 Å². The molecule has 178 valence electrons. The third-order valence-corrected chi connectivity index (χ3v) is 6.72. The number of rotatable bonds is 9. The summed E-state index contributed by atoms with van der Waals surface area (Å²) in [7, 11) is 3.86. The molecule has 9 nitrogen and oxygen atoms in total. The third-order valence-electron chi connectivity index (χ3n) is 5.60. The Labute approximate surface area is 202 Å². The summed E-state index contributed by atoms with van der Waals surface area (Å²) in [6.45, 7) is 2.03. The van der Waals surface area contributed by atoms with Gasteiger partial charge in [-0.15, -0.1) is 11.3 Å². The Hall–Kier alpha value is -3.34. The van der Waals surface area contributed by atoms with E-state index in [2.05, 4.69) is 20.6 Å². The highest BCUT2D eigenvalue weighted by atomic mass is 32.1. The van der Waals surface area contributed by atoms with Crippen molar-refractivity contribution in [2.24, 2.45) is 0 Å². The van der Waals surface area contributed by atoms with Crippen LogP contribution in [0.1, 0.15) is 22.0 Å². The van der Waals surface area contributed by atoms with Crippen molar-refractivity contribution in [1.29, 1.82) is 0 Å². The molecule has 0 aliphatic carbocycles. The van der Waals surface area contributed by atoms with E-state index >= 15 is 0 Å². The maximum Gasteiger partial charge on any atom is 0.247 e. The molecular formula is C24H28N6O3S. The quantitative estimate of drug-likeness (QED) is 0.401. The van der Waals surface area contributed by atoms with E-state index in [0.717, 1.165) is 32.8 Å². The van der Waals surface area contributed by atoms with Gasteiger partial charge in [-0.3, -0.25) is 9.59 Å². The monoisotopic (exact) mass is 480 g/mol. The maximum atomic E-state index is 12.7. The molecule has 2 aromatic heterocycles. The van der Waals surface area contributed by atoms with Gasteiger partial charge in [0.25, 0.3) is 0 Å². The average molecular weight is 481 g/mol. The van der Waals surface area contributed by atoms with E-state index in [1.807, 2.05) is 49.3 Å². The number of likely N-dealkylation sites (N-methyl/N-ethyl adjacent to an activating group) is 1. The fourth-order valence-corrected chi connectivity index (χ4v) is 4.98. The predicted molar refractivity (Wildman–Crippen MR) is 132 cm³/mol. The van der Waals surface area contributed by atoms with Crippen LogP contribution >= 0.6 is 11.3 Å². The molecular weight excluding hydrogens is 452 g/mol. The molecule has 10 heteroatoms. The van der Waals surface area contributed by atoms with Crippen LogP contribution in [0.5, 0.6) is 0 Å². The summed E-state index contributed by atoms with van der Waals surface area (Å²) in [5, 5.41) is 16.9. The number of anilines is 1. The van der Waals surface area contributed by atoms with Crippen LogP contribution in [0, 0.1) is 0 Å². The minimum Gasteiger partial charge on any atom is -0.394 e. The lowest BCUT2D eigenvalue weighted by Gasteiger charge is -2.18. The number of fused-ring (bicyclic) bond motifs is 3. The van der Waals surface area contributed by atoms with E-state index < -0.39 is 0 Å². The van der Waals surface area contributed by atoms with Crippen LogP contribution in [-0.4, -0.2) is 70.5 Å². The summed E-state index contributed by atoms with van der Waals surface area (Å²) in [6, 6.07) is 9.37. The van der Waals surface area contributed by atoms with E-state index in [1.165, 1.54) is 29.8 Å². The third kappa shape index (κ3) is 5.41. The zero-order chi connectivity index (χ0) is 24.1. The Morgan fingerprint density at radius 1 is 1.21 bits per heavy atom. The van der Waals surface area contributed by atoms with Crippen molar-refractivity contribution < 1.29 is 14.7 Å². The van der Waals surface area contributed by atoms with Crippen LogP contribution in [0.25, 0.3) is 10.2 Å². The molecule has 1 aromatic carbocycles. The number of aliphatic hydroxyl groups excluding tert-OH is 1. The summed E-state index contributed by atoms with van der Waals surface area (Å²) in [6.07, 6.45) is 4.11. The molecule has 3 heterocycles. The highest BCUT2D eigenvalue weighted by molar-refractivity contribution is 7.19. The zero-order valence-corrected chi connectivity index (χ0v) is 20.0. The second-order valence-corrected chi connectivity index (χ2v) is 9.40. The first-order valence-corrected chi connectivity index (χ1v) is 11.8. The largest absolute Gasteiger partial charge is 0.394 e. The SMILES string of the molecule is CN(C)CCNC(=O)C=CC(=O)N1Cc2sc3ncnc(N[C@H](CO)c4ccccc4)c3c2C1. The first kappa shape index (κ1) is 23.8. The molecule has 1 atom stereocenters. The standard InChI is InChI=1S/C24H28N6O3S/c1-29(2)11-10-25-20(32)8-9-21(33)30-12-17-19(13-30)34-24-22(17)23(26-15-27-24)28-18(14-31)16-6-4-3-5-7-16/h3-9,15,18,31H,10-14H2,1-2H3,(H,25,32)(H,26,27,28)/t18-/m1/s1. The van der Waals surface area contributed by atoms with E-state index in [-0.39, 0.29) is 24.5 Å². The van der Waals surface area contributed by atoms with Gasteiger partial charge >= 0.3 is 0 Å². The first-order valence-electron chi connectivity index (χ1n) is 11.0. The van der Waals surface area contributed by atoms with Crippen LogP contribution in [0.4, 0.5) is 5.82 Å². The molecule has 0 saturated carbocycles. The molecule has 0 radical (unpaired) electrons. The number of aliphatic hydroxyl groups is 1. The Morgan fingerprint density at radius 3 is 2.74 bits per heavy atom. The Bertz CT molecular complexity index is 1190. The zero-order valence-electron chi connectivity index (χ0n) is 19.2. The molecule has 34 heavy (non-hydrogen) atoms. The van der Waals surface area contributed by atoms with E-state index in [9.17, 15) is 14.7 Å². The van der Waals surface area contributed by atoms with Crippen LogP contribution in [0.15, 0.2) is 48.8 Å². The predicted octanol–water partition coefficient (Wildman–Crippen LogP) is 1.91. The second kappa shape index (κ2) is 10.7. The number of benzene rings is 1. The molecule has 0 saturated heterocycles. The number of carbonyl (C=O) groups is 2. The minimum atomic E-state index is -0.317. The van der Waals surface area contributed by atoms with Gasteiger partial charge in [-0.05, 0) is 19.7 Å². The van der Waals surface area contributed by atoms with Crippen molar-refractivity contribution in [3.05, 3.63) is 64.8 Å². The Kier molecular flexibility index (Phi) is 7.51. The Morgan fingerprint density at radius 2 is 2.00 bits per heavy atom. The second-order valence-electron chi connectivity index (χ2n) is 8.32. The summed E-state index contributed by atoms with van der Waals surface area (Å²) < 4.78 is 0. The van der Waals surface area contributed by atoms with E-state index in [0.29, 0.717) is 25.5 Å². The number of thiophene rings is 1. The number of hydrogen-bond donors (Lipinski definition) is 3. The lowest BCUT2D eigenvalue weighted by atomic mass is 10.1. The van der Waals surface area contributed by atoms with Crippen LogP contribution in [0.2, 0.25) is 0 Å². The van der Waals surface area contributed by atoms with Crippen LogP contribution in [-0.2, 0) is 22.7 Å². The molecule has 1 aliphatic rings. The van der Waals surface area contributed by atoms with Gasteiger partial charge in [0, 0.05) is 42.2 Å². The fraction of sp³-hybridized carbons (Fsp3) is 0.333. The van der Waals surface area contributed by atoms with Crippen LogP contribution < -0.4 is 10.6 Å². The number of hydrogen-bond acceptors (Lipinski definition) is 8. The number of nitrogens with one attached hydrogen (secondary N) is 2. The van der Waals surface area contributed by atoms with Crippen LogP contribution in [0.3, 0.4) is 0 Å². The number of carbonyl (C=O) groups excluding carboxylic acids is 2. The lowest BCUT2D eigenvalue weighted by molar-refractivity contribution is -0.127. The van der Waals surface area contributed by atoms with Crippen molar-refractivity contribution in [1.82, 2.24) is 25.1 Å². The Balaban J connectivity index is 1.47. The molecule has 4 rings (SSSR count). The summed E-state index contributed by atoms with van der Waals surface area (Å²) in [5.41, 5.74) is 1.96. The minimum absolute atomic E-state index is 0.0894. The number of amides is 2. The average Bonchev–Trinajstić information content (AvgIpc) is 3.39. The smallest absolute Gasteiger partial charge is 0.247 e. The van der Waals surface area contributed by atoms with Crippen molar-refractivity contribution in [2.45, 2.75) is 19.1 Å². The molecule has 2 amide bonds. The molecule has 1 aliphatic heterocycles. The van der Waals surface area contributed by atoms with Gasteiger partial charge in [-0.1, -0.05) is 30.3 Å². The molecule has 3 N–H and O–H groups in total. The molecule has 0 spiro atoms. The van der Waals surface area contributed by atoms with Gasteiger partial charge in [-0.2, -0.15) is 0 Å². The summed E-state index contributed by atoms with van der Waals surface area (Å²) in [4.78, 5) is 39.1. The number of nitrogens with zero attached hydrogens (tertiary/aromatic N) is 4. The highest BCUT2D eigenvalue weighted by Gasteiger charge is 2.29. The molecule has 3 aromatic rings. The molecule has 0 fully saturated rings. The summed E-state index contributed by atoms with van der Waals surface area (Å²) >= 11 is 1.53. The van der Waals surface area contributed by atoms with Gasteiger partial charge in [0.15, 0.2) is 0 Å². The number of aromatic nitrogens is 2. The normalized spacial score (nSPS) is 14.1. The van der Waals surface area contributed by atoms with Crippen molar-refractivity contribution >= 4 is 39.2 Å². The molecule has 0 unspecified atom stereocenters. The fourth-order valence-electron chi connectivity index (χ4n) is 3.82. The highest BCUT2D eigenvalue weighted by Crippen LogP contribution is 2.40. The van der Waals surface area contributed by atoms with Gasteiger partial charge in [-0.25, -0.2) is 9.97 Å². The topological polar surface area (TPSA) is 111 Å². The van der Waals surface area contributed by atoms with Crippen molar-refractivity contribution in [3.8, 4) is 0 Å². The summed E-state index contributed by atoms with van der Waals surface area (Å²) in [5.74, 6) is 0.129. The van der Waals surface area contributed by atoms with Gasteiger partial charge < -0.3 is 25.5 Å². The van der Waals surface area contributed by atoms with Crippen molar-refractivity contribution in [3.63, 3.8) is 0 Å². The maximum absolute atomic E-state index is 12.7. The van der Waals surface area contributed by atoms with E-state index in [1.54, 1.807) is 4.90 Å². The first-order chi connectivity index (χ1) is 16.5. The lowest BCUT2D eigenvalue weighted by Crippen LogP contribution is -2.30. The van der Waals surface area contributed by atoms with Gasteiger partial charge in [0.05, 0.1) is 24.6 Å². The van der Waals surface area contributed by atoms with Gasteiger partial charge in [0.2, 0.25) is 11.8 Å². The van der Waals surface area contributed by atoms with Crippen molar-refractivity contribution in [2.75, 3.05) is 39.1 Å². The molecule has 0 bridgehead atoms.